The van der Waals surface area contributed by atoms with E-state index in [0.717, 1.165) is 0 Å². The van der Waals surface area contributed by atoms with E-state index in [0.29, 0.717) is 16.6 Å². The number of fused-ring (bicyclic) bond motifs is 1. The molecule has 7 nitrogen and oxygen atoms in total. The van der Waals surface area contributed by atoms with Crippen molar-refractivity contribution < 1.29 is 13.3 Å². The van der Waals surface area contributed by atoms with Gasteiger partial charge >= 0.3 is 0 Å². The van der Waals surface area contributed by atoms with E-state index in [2.05, 4.69) is 10.3 Å². The summed E-state index contributed by atoms with van der Waals surface area (Å²) in [4.78, 5) is 14.7. The van der Waals surface area contributed by atoms with Gasteiger partial charge in [-0.1, -0.05) is 6.92 Å². The fourth-order valence-corrected chi connectivity index (χ4v) is 2.65. The summed E-state index contributed by atoms with van der Waals surface area (Å²) in [6, 6.07) is 6.18. The number of hydrogen-bond acceptors (Lipinski definition) is 6. The number of sulfone groups is 1. The van der Waals surface area contributed by atoms with Crippen LogP contribution in [-0.4, -0.2) is 36.4 Å². The Morgan fingerprint density at radius 2 is 2.10 bits per heavy atom. The molecule has 0 spiro atoms. The molecule has 0 aliphatic carbocycles. The van der Waals surface area contributed by atoms with Crippen molar-refractivity contribution in [1.82, 2.24) is 4.98 Å². The Morgan fingerprint density at radius 1 is 1.33 bits per heavy atom. The molecule has 21 heavy (non-hydrogen) atoms. The van der Waals surface area contributed by atoms with E-state index in [-0.39, 0.29) is 23.7 Å². The zero-order valence-corrected chi connectivity index (χ0v) is 12.3. The highest BCUT2D eigenvalue weighted by atomic mass is 32.2. The molecule has 0 fully saturated rings. The summed E-state index contributed by atoms with van der Waals surface area (Å²) in [5.74, 6) is 0.1000. The van der Waals surface area contributed by atoms with Crippen molar-refractivity contribution in [2.75, 3.05) is 23.4 Å². The average molecular weight is 309 g/mol. The number of aromatic nitrogens is 1. The maximum absolute atomic E-state index is 11.5. The Morgan fingerprint density at radius 3 is 2.76 bits per heavy atom. The third-order valence-electron chi connectivity index (χ3n) is 3.11. The lowest BCUT2D eigenvalue weighted by Crippen LogP contribution is -2.17. The van der Waals surface area contributed by atoms with Gasteiger partial charge in [0.25, 0.3) is 5.69 Å². The third kappa shape index (κ3) is 3.46. The average Bonchev–Trinajstić information content (AvgIpc) is 2.47. The molecular weight excluding hydrogens is 294 g/mol. The van der Waals surface area contributed by atoms with Crippen LogP contribution < -0.4 is 5.32 Å². The fourth-order valence-electron chi connectivity index (χ4n) is 1.94. The van der Waals surface area contributed by atoms with Gasteiger partial charge in [0.15, 0.2) is 9.84 Å². The third-order valence-corrected chi connectivity index (χ3v) is 4.82. The minimum Gasteiger partial charge on any atom is -0.382 e. The summed E-state index contributed by atoms with van der Waals surface area (Å²) in [5.41, 5.74) is 1.02. The summed E-state index contributed by atoms with van der Waals surface area (Å²) >= 11 is 0. The minimum atomic E-state index is -3.06. The molecule has 0 unspecified atom stereocenters. The van der Waals surface area contributed by atoms with Gasteiger partial charge in [-0.15, -0.1) is 0 Å². The van der Waals surface area contributed by atoms with E-state index in [1.165, 1.54) is 6.07 Å². The van der Waals surface area contributed by atoms with Gasteiger partial charge in [-0.3, -0.25) is 15.1 Å². The first-order valence-corrected chi connectivity index (χ1v) is 8.23. The van der Waals surface area contributed by atoms with Crippen LogP contribution in [0.15, 0.2) is 30.5 Å². The number of non-ortho nitro benzene ring substituents is 1. The van der Waals surface area contributed by atoms with Crippen LogP contribution in [0.4, 0.5) is 11.4 Å². The van der Waals surface area contributed by atoms with E-state index in [9.17, 15) is 18.5 Å². The van der Waals surface area contributed by atoms with E-state index in [1.54, 1.807) is 31.3 Å². The molecular formula is C13H15N3O4S. The van der Waals surface area contributed by atoms with Crippen molar-refractivity contribution in [1.29, 1.82) is 0 Å². The molecule has 0 bridgehead atoms. The Labute approximate surface area is 122 Å². The number of benzene rings is 1. The van der Waals surface area contributed by atoms with Crippen LogP contribution in [0.25, 0.3) is 10.9 Å². The van der Waals surface area contributed by atoms with Gasteiger partial charge in [-0.2, -0.15) is 0 Å². The van der Waals surface area contributed by atoms with Gasteiger partial charge in [-0.05, 0) is 18.2 Å². The van der Waals surface area contributed by atoms with E-state index in [4.69, 9.17) is 0 Å². The fraction of sp³-hybridized carbons (Fsp3) is 0.308. The van der Waals surface area contributed by atoms with Crippen molar-refractivity contribution in [3.63, 3.8) is 0 Å². The number of nitro groups is 1. The molecule has 2 rings (SSSR count). The predicted octanol–water partition coefficient (Wildman–Crippen LogP) is 1.99. The topological polar surface area (TPSA) is 102 Å². The Kier molecular flexibility index (Phi) is 4.37. The first kappa shape index (κ1) is 15.2. The predicted molar refractivity (Wildman–Crippen MR) is 81.2 cm³/mol. The van der Waals surface area contributed by atoms with E-state index < -0.39 is 14.8 Å². The zero-order chi connectivity index (χ0) is 15.5. The molecule has 1 aromatic heterocycles. The lowest BCUT2D eigenvalue weighted by molar-refractivity contribution is -0.383. The molecule has 1 aromatic carbocycles. The number of anilines is 1. The van der Waals surface area contributed by atoms with Gasteiger partial charge < -0.3 is 5.32 Å². The second kappa shape index (κ2) is 6.04. The highest BCUT2D eigenvalue weighted by Gasteiger charge is 2.15. The number of nitrogens with one attached hydrogen (secondary N) is 1. The molecule has 2 aromatic rings. The number of nitrogens with zero attached hydrogens (tertiary/aromatic N) is 2. The highest BCUT2D eigenvalue weighted by molar-refractivity contribution is 7.91. The second-order valence-corrected chi connectivity index (χ2v) is 6.92. The number of pyridine rings is 1. The first-order valence-electron chi connectivity index (χ1n) is 6.41. The molecule has 0 saturated carbocycles. The lowest BCUT2D eigenvalue weighted by atomic mass is 10.1. The molecule has 1 heterocycles. The first-order chi connectivity index (χ1) is 9.94. The quantitative estimate of drug-likeness (QED) is 0.646. The van der Waals surface area contributed by atoms with Crippen LogP contribution in [0.2, 0.25) is 0 Å². The van der Waals surface area contributed by atoms with Crippen molar-refractivity contribution in [3.05, 3.63) is 40.6 Å². The summed E-state index contributed by atoms with van der Waals surface area (Å²) in [7, 11) is -3.06. The van der Waals surface area contributed by atoms with Crippen LogP contribution in [-0.2, 0) is 9.84 Å². The van der Waals surface area contributed by atoms with Crippen molar-refractivity contribution in [3.8, 4) is 0 Å². The standard InChI is InChI=1S/C13H15N3O4S/c1-2-21(19,20)9-8-14-11-5-6-12(16(17)18)10-4-3-7-15-13(10)11/h3-7,14H,2,8-9H2,1H3. The monoisotopic (exact) mass is 309 g/mol. The summed E-state index contributed by atoms with van der Waals surface area (Å²) in [6.07, 6.45) is 1.54. The summed E-state index contributed by atoms with van der Waals surface area (Å²) in [5, 5.41) is 14.4. The molecule has 0 amide bonds. The Balaban J connectivity index is 2.30. The Hall–Kier alpha value is -2.22. The molecule has 0 atom stereocenters. The normalized spacial score (nSPS) is 11.5. The molecule has 0 aliphatic heterocycles. The lowest BCUT2D eigenvalue weighted by Gasteiger charge is -2.09. The van der Waals surface area contributed by atoms with Crippen LogP contribution in [0.5, 0.6) is 0 Å². The van der Waals surface area contributed by atoms with Crippen LogP contribution >= 0.6 is 0 Å². The summed E-state index contributed by atoms with van der Waals surface area (Å²) < 4.78 is 22.9. The van der Waals surface area contributed by atoms with Crippen LogP contribution in [0.3, 0.4) is 0 Å². The van der Waals surface area contributed by atoms with Crippen molar-refractivity contribution in [2.24, 2.45) is 0 Å². The maximum Gasteiger partial charge on any atom is 0.278 e. The van der Waals surface area contributed by atoms with Gasteiger partial charge in [0, 0.05) is 24.6 Å². The minimum absolute atomic E-state index is 0.00874. The van der Waals surface area contributed by atoms with Crippen molar-refractivity contribution in [2.45, 2.75) is 6.92 Å². The van der Waals surface area contributed by atoms with Crippen molar-refractivity contribution >= 4 is 32.1 Å². The number of rotatable bonds is 6. The zero-order valence-electron chi connectivity index (χ0n) is 11.4. The molecule has 0 saturated heterocycles. The van der Waals surface area contributed by atoms with E-state index >= 15 is 0 Å². The van der Waals surface area contributed by atoms with Crippen LogP contribution in [0.1, 0.15) is 6.92 Å². The largest absolute Gasteiger partial charge is 0.382 e. The Bertz CT molecular complexity index is 774. The summed E-state index contributed by atoms with van der Waals surface area (Å²) in [6.45, 7) is 1.83. The molecule has 112 valence electrons. The van der Waals surface area contributed by atoms with Gasteiger partial charge in [0.05, 0.1) is 21.7 Å². The molecule has 0 aliphatic rings. The molecule has 0 radical (unpaired) electrons. The van der Waals surface area contributed by atoms with Gasteiger partial charge in [0.1, 0.15) is 5.52 Å². The maximum atomic E-state index is 11.5. The smallest absolute Gasteiger partial charge is 0.278 e. The van der Waals surface area contributed by atoms with Crippen LogP contribution in [0, 0.1) is 10.1 Å². The molecule has 8 heteroatoms. The highest BCUT2D eigenvalue weighted by Crippen LogP contribution is 2.29. The van der Waals surface area contributed by atoms with E-state index in [1.807, 2.05) is 0 Å². The second-order valence-electron chi connectivity index (χ2n) is 4.45. The molecule has 1 N–H and O–H groups in total. The SMILES string of the molecule is CCS(=O)(=O)CCNc1ccc([N+](=O)[O-])c2cccnc12. The number of nitro benzene ring substituents is 1. The van der Waals surface area contributed by atoms with Gasteiger partial charge in [-0.25, -0.2) is 8.42 Å². The number of hydrogen-bond donors (Lipinski definition) is 1. The van der Waals surface area contributed by atoms with Gasteiger partial charge in [0.2, 0.25) is 0 Å².